The molecule has 2 nitrogen and oxygen atoms in total. The Balaban J connectivity index is 2.33. The van der Waals surface area contributed by atoms with Gasteiger partial charge >= 0.3 is 0 Å². The van der Waals surface area contributed by atoms with E-state index in [1.807, 2.05) is 0 Å². The molecular weight excluding hydrogens is 174 g/mol. The minimum Gasteiger partial charge on any atom is -0.489 e. The van der Waals surface area contributed by atoms with E-state index in [9.17, 15) is 0 Å². The number of hydrogen-bond donors (Lipinski definition) is 1. The van der Waals surface area contributed by atoms with Crippen LogP contribution in [0.5, 0.6) is 5.75 Å². The summed E-state index contributed by atoms with van der Waals surface area (Å²) < 4.78 is 5.62. The monoisotopic (exact) mass is 189 g/mol. The van der Waals surface area contributed by atoms with Gasteiger partial charge in [-0.2, -0.15) is 0 Å². The maximum Gasteiger partial charge on any atom is 0.124 e. The first-order chi connectivity index (χ1) is 6.81. The van der Waals surface area contributed by atoms with Crippen molar-refractivity contribution >= 4 is 0 Å². The van der Waals surface area contributed by atoms with Gasteiger partial charge in [-0.3, -0.25) is 0 Å². The van der Waals surface area contributed by atoms with Crippen molar-refractivity contribution in [1.29, 1.82) is 0 Å². The van der Waals surface area contributed by atoms with Crippen molar-refractivity contribution in [3.8, 4) is 5.75 Å². The van der Waals surface area contributed by atoms with Gasteiger partial charge in [-0.05, 0) is 24.1 Å². The van der Waals surface area contributed by atoms with Gasteiger partial charge in [0.25, 0.3) is 0 Å². The molecule has 1 aromatic rings. The van der Waals surface area contributed by atoms with Gasteiger partial charge in [-0.1, -0.05) is 18.7 Å². The smallest absolute Gasteiger partial charge is 0.124 e. The van der Waals surface area contributed by atoms with Gasteiger partial charge < -0.3 is 10.1 Å². The molecule has 0 atom stereocenters. The van der Waals surface area contributed by atoms with Crippen molar-refractivity contribution in [2.45, 2.75) is 20.0 Å². The molecule has 0 bridgehead atoms. The van der Waals surface area contributed by atoms with Crippen LogP contribution >= 0.6 is 0 Å². The van der Waals surface area contributed by atoms with Crippen LogP contribution in [-0.2, 0) is 13.1 Å². The highest BCUT2D eigenvalue weighted by Gasteiger charge is 2.15. The Morgan fingerprint density at radius 2 is 2.36 bits per heavy atom. The maximum atomic E-state index is 5.62. The van der Waals surface area contributed by atoms with Crippen LogP contribution < -0.4 is 10.1 Å². The zero-order chi connectivity index (χ0) is 9.97. The molecule has 1 heterocycles. The van der Waals surface area contributed by atoms with E-state index >= 15 is 0 Å². The first kappa shape index (κ1) is 9.28. The highest BCUT2D eigenvalue weighted by Crippen LogP contribution is 2.28. The Morgan fingerprint density at radius 1 is 1.50 bits per heavy atom. The summed E-state index contributed by atoms with van der Waals surface area (Å²) in [6.45, 7) is 8.21. The van der Waals surface area contributed by atoms with Crippen LogP contribution in [-0.4, -0.2) is 6.61 Å². The predicted molar refractivity (Wildman–Crippen MR) is 57.4 cm³/mol. The van der Waals surface area contributed by atoms with Crippen molar-refractivity contribution in [3.63, 3.8) is 0 Å². The van der Waals surface area contributed by atoms with Crippen molar-refractivity contribution in [3.05, 3.63) is 41.5 Å². The van der Waals surface area contributed by atoms with Gasteiger partial charge in [0.2, 0.25) is 0 Å². The van der Waals surface area contributed by atoms with Crippen molar-refractivity contribution in [1.82, 2.24) is 5.32 Å². The fourth-order valence-electron chi connectivity index (χ4n) is 1.81. The van der Waals surface area contributed by atoms with Gasteiger partial charge in [-0.15, -0.1) is 0 Å². The Morgan fingerprint density at radius 3 is 3.14 bits per heavy atom. The Labute approximate surface area is 84.6 Å². The van der Waals surface area contributed by atoms with Crippen molar-refractivity contribution in [2.75, 3.05) is 6.61 Å². The van der Waals surface area contributed by atoms with Gasteiger partial charge in [0, 0.05) is 18.7 Å². The molecule has 1 aliphatic rings. The molecule has 2 rings (SSSR count). The first-order valence-electron chi connectivity index (χ1n) is 4.88. The Kier molecular flexibility index (Phi) is 2.55. The molecule has 0 radical (unpaired) electrons. The summed E-state index contributed by atoms with van der Waals surface area (Å²) in [6, 6.07) is 4.31. The number of benzene rings is 1. The molecule has 0 saturated heterocycles. The number of ether oxygens (including phenoxy) is 1. The van der Waals surface area contributed by atoms with Crippen molar-refractivity contribution < 1.29 is 4.74 Å². The molecule has 2 heteroatoms. The van der Waals surface area contributed by atoms with Gasteiger partial charge in [0.1, 0.15) is 12.4 Å². The van der Waals surface area contributed by atoms with Crippen LogP contribution in [0.4, 0.5) is 0 Å². The summed E-state index contributed by atoms with van der Waals surface area (Å²) >= 11 is 0. The molecule has 0 unspecified atom stereocenters. The molecule has 14 heavy (non-hydrogen) atoms. The zero-order valence-corrected chi connectivity index (χ0v) is 8.47. The average molecular weight is 189 g/mol. The quantitative estimate of drug-likeness (QED) is 0.736. The fraction of sp³-hybridized carbons (Fsp3) is 0.333. The SMILES string of the molecule is C=CCOc1cc(C)cc2c1CNC2. The molecule has 0 saturated carbocycles. The largest absolute Gasteiger partial charge is 0.489 e. The highest BCUT2D eigenvalue weighted by atomic mass is 16.5. The second-order valence-corrected chi connectivity index (χ2v) is 3.60. The zero-order valence-electron chi connectivity index (χ0n) is 8.47. The van der Waals surface area contributed by atoms with E-state index in [1.54, 1.807) is 6.08 Å². The normalized spacial score (nSPS) is 13.8. The maximum absolute atomic E-state index is 5.62. The molecule has 0 aliphatic carbocycles. The van der Waals surface area contributed by atoms with E-state index in [0.29, 0.717) is 6.61 Å². The van der Waals surface area contributed by atoms with E-state index in [2.05, 4.69) is 31.0 Å². The summed E-state index contributed by atoms with van der Waals surface area (Å²) in [7, 11) is 0. The van der Waals surface area contributed by atoms with Crippen LogP contribution in [0.2, 0.25) is 0 Å². The van der Waals surface area contributed by atoms with Crippen molar-refractivity contribution in [2.24, 2.45) is 0 Å². The van der Waals surface area contributed by atoms with Crippen LogP contribution in [0.15, 0.2) is 24.8 Å². The molecule has 74 valence electrons. The topological polar surface area (TPSA) is 21.3 Å². The third-order valence-electron chi connectivity index (χ3n) is 2.42. The van der Waals surface area contributed by atoms with E-state index < -0.39 is 0 Å². The molecule has 0 aromatic heterocycles. The molecule has 1 N–H and O–H groups in total. The Bertz CT molecular complexity index is 358. The summed E-state index contributed by atoms with van der Waals surface area (Å²) in [5.74, 6) is 1.00. The molecule has 0 spiro atoms. The molecule has 1 aliphatic heterocycles. The summed E-state index contributed by atoms with van der Waals surface area (Å²) in [6.07, 6.45) is 1.77. The lowest BCUT2D eigenvalue weighted by atomic mass is 10.1. The van der Waals surface area contributed by atoms with Crippen LogP contribution in [0.1, 0.15) is 16.7 Å². The van der Waals surface area contributed by atoms with Crippen LogP contribution in [0.25, 0.3) is 0 Å². The lowest BCUT2D eigenvalue weighted by Gasteiger charge is -2.09. The van der Waals surface area contributed by atoms with Gasteiger partial charge in [0.15, 0.2) is 0 Å². The van der Waals surface area contributed by atoms with E-state index in [1.165, 1.54) is 16.7 Å². The number of nitrogens with one attached hydrogen (secondary N) is 1. The van der Waals surface area contributed by atoms with E-state index in [-0.39, 0.29) is 0 Å². The second-order valence-electron chi connectivity index (χ2n) is 3.60. The lowest BCUT2D eigenvalue weighted by Crippen LogP contribution is -2.01. The Hall–Kier alpha value is -1.28. The van der Waals surface area contributed by atoms with Gasteiger partial charge in [0.05, 0.1) is 0 Å². The summed E-state index contributed by atoms with van der Waals surface area (Å²) in [5, 5.41) is 3.33. The van der Waals surface area contributed by atoms with E-state index in [0.717, 1.165) is 18.8 Å². The number of aryl methyl sites for hydroxylation is 1. The van der Waals surface area contributed by atoms with Gasteiger partial charge in [-0.25, -0.2) is 0 Å². The minimum absolute atomic E-state index is 0.579. The molecule has 0 amide bonds. The molecular formula is C12H15NO. The summed E-state index contributed by atoms with van der Waals surface area (Å²) in [5.41, 5.74) is 3.92. The molecule has 0 fully saturated rings. The number of rotatable bonds is 3. The highest BCUT2D eigenvalue weighted by molar-refractivity contribution is 5.45. The average Bonchev–Trinajstić information content (AvgIpc) is 2.61. The van der Waals surface area contributed by atoms with Crippen LogP contribution in [0.3, 0.4) is 0 Å². The number of fused-ring (bicyclic) bond motifs is 1. The number of hydrogen-bond acceptors (Lipinski definition) is 2. The molecule has 1 aromatic carbocycles. The lowest BCUT2D eigenvalue weighted by molar-refractivity contribution is 0.359. The minimum atomic E-state index is 0.579. The fourth-order valence-corrected chi connectivity index (χ4v) is 1.81. The standard InChI is InChI=1S/C12H15NO/c1-3-4-14-12-6-9(2)5-10-7-13-8-11(10)12/h3,5-6,13H,1,4,7-8H2,2H3. The first-order valence-corrected chi connectivity index (χ1v) is 4.88. The second kappa shape index (κ2) is 3.84. The predicted octanol–water partition coefficient (Wildman–Crippen LogP) is 2.16. The summed E-state index contributed by atoms with van der Waals surface area (Å²) in [4.78, 5) is 0. The van der Waals surface area contributed by atoms with E-state index in [4.69, 9.17) is 4.74 Å². The third-order valence-corrected chi connectivity index (χ3v) is 2.42. The van der Waals surface area contributed by atoms with Crippen LogP contribution in [0, 0.1) is 6.92 Å². The third kappa shape index (κ3) is 1.66.